The first-order valence-corrected chi connectivity index (χ1v) is 8.01. The third kappa shape index (κ3) is 3.48. The molecule has 0 saturated heterocycles. The molecule has 7 nitrogen and oxygen atoms in total. The molecule has 1 amide bonds. The summed E-state index contributed by atoms with van der Waals surface area (Å²) in [6.07, 6.45) is 1.47. The molecule has 0 radical (unpaired) electrons. The van der Waals surface area contributed by atoms with Gasteiger partial charge in [0.1, 0.15) is 17.3 Å². The van der Waals surface area contributed by atoms with Crippen molar-refractivity contribution in [1.82, 2.24) is 14.9 Å². The lowest BCUT2D eigenvalue weighted by atomic mass is 10.3. The number of hydrogen-bond donors (Lipinski definition) is 2. The maximum atomic E-state index is 13.6. The third-order valence-corrected chi connectivity index (χ3v) is 4.33. The highest BCUT2D eigenvalue weighted by Crippen LogP contribution is 2.26. The molecule has 130 valence electrons. The molecule has 0 aliphatic rings. The smallest absolute Gasteiger partial charge is 0.237 e. The third-order valence-electron chi connectivity index (χ3n) is 3.27. The van der Waals surface area contributed by atoms with E-state index in [9.17, 15) is 13.6 Å². The molecule has 0 spiro atoms. The Kier molecular flexibility index (Phi) is 4.70. The Morgan fingerprint density at radius 1 is 1.28 bits per heavy atom. The van der Waals surface area contributed by atoms with E-state index in [1.54, 1.807) is 19.1 Å². The molecular weight excluding hydrogens is 352 g/mol. The van der Waals surface area contributed by atoms with Crippen molar-refractivity contribution in [1.29, 1.82) is 0 Å². The number of anilines is 1. The predicted octanol–water partition coefficient (Wildman–Crippen LogP) is 2.65. The van der Waals surface area contributed by atoms with Gasteiger partial charge in [0.15, 0.2) is 5.76 Å². The highest BCUT2D eigenvalue weighted by atomic mass is 32.2. The first-order valence-electron chi connectivity index (χ1n) is 7.13. The molecule has 0 aliphatic heterocycles. The van der Waals surface area contributed by atoms with Crippen molar-refractivity contribution in [2.45, 2.75) is 17.3 Å². The fourth-order valence-corrected chi connectivity index (χ4v) is 2.76. The zero-order valence-electron chi connectivity index (χ0n) is 12.9. The Morgan fingerprint density at radius 2 is 2.00 bits per heavy atom. The summed E-state index contributed by atoms with van der Waals surface area (Å²) >= 11 is 0.993. The largest absolute Gasteiger partial charge is 0.461 e. The highest BCUT2D eigenvalue weighted by molar-refractivity contribution is 8.00. The van der Waals surface area contributed by atoms with Gasteiger partial charge in [-0.15, -0.1) is 10.2 Å². The number of benzene rings is 1. The predicted molar refractivity (Wildman–Crippen MR) is 88.2 cm³/mol. The Hall–Kier alpha value is -2.88. The summed E-state index contributed by atoms with van der Waals surface area (Å²) in [5, 5.41) is 9.56. The van der Waals surface area contributed by atoms with Gasteiger partial charge in [0.2, 0.25) is 16.9 Å². The van der Waals surface area contributed by atoms with Crippen LogP contribution in [0.1, 0.15) is 6.92 Å². The van der Waals surface area contributed by atoms with Crippen LogP contribution in [0.25, 0.3) is 11.6 Å². The van der Waals surface area contributed by atoms with E-state index in [-0.39, 0.29) is 5.16 Å². The number of halogens is 2. The van der Waals surface area contributed by atoms with Crippen molar-refractivity contribution in [3.05, 3.63) is 48.2 Å². The molecule has 3 rings (SSSR count). The monoisotopic (exact) mass is 365 g/mol. The number of nitrogens with one attached hydrogen (secondary N) is 1. The molecule has 2 aromatic heterocycles. The quantitative estimate of drug-likeness (QED) is 0.533. The van der Waals surface area contributed by atoms with E-state index in [1.807, 2.05) is 0 Å². The summed E-state index contributed by atoms with van der Waals surface area (Å²) in [5.74, 6) is 4.31. The van der Waals surface area contributed by atoms with Gasteiger partial charge >= 0.3 is 0 Å². The molecule has 1 atom stereocenters. The Morgan fingerprint density at radius 3 is 2.64 bits per heavy atom. The van der Waals surface area contributed by atoms with Crippen LogP contribution >= 0.6 is 11.8 Å². The van der Waals surface area contributed by atoms with Gasteiger partial charge in [0.25, 0.3) is 0 Å². The number of hydrogen-bond acceptors (Lipinski definition) is 6. The average molecular weight is 365 g/mol. The van der Waals surface area contributed by atoms with Crippen molar-refractivity contribution >= 4 is 23.4 Å². The van der Waals surface area contributed by atoms with Crippen LogP contribution in [0.3, 0.4) is 0 Å². The molecule has 0 aliphatic carbocycles. The normalized spacial score (nSPS) is 12.1. The number of para-hydroxylation sites is 1. The van der Waals surface area contributed by atoms with E-state index in [0.717, 1.165) is 23.9 Å². The van der Waals surface area contributed by atoms with Crippen LogP contribution in [0.5, 0.6) is 0 Å². The van der Waals surface area contributed by atoms with Gasteiger partial charge in [-0.25, -0.2) is 13.5 Å². The topological polar surface area (TPSA) is 99.0 Å². The number of nitrogens with two attached hydrogens (primary N) is 1. The van der Waals surface area contributed by atoms with Gasteiger partial charge in [-0.3, -0.25) is 4.79 Å². The summed E-state index contributed by atoms with van der Waals surface area (Å²) in [6.45, 7) is 1.56. The van der Waals surface area contributed by atoms with Gasteiger partial charge in [-0.2, -0.15) is 0 Å². The van der Waals surface area contributed by atoms with Crippen molar-refractivity contribution in [3.63, 3.8) is 0 Å². The van der Waals surface area contributed by atoms with Crippen molar-refractivity contribution in [2.75, 3.05) is 11.2 Å². The van der Waals surface area contributed by atoms with E-state index in [1.165, 1.54) is 17.0 Å². The van der Waals surface area contributed by atoms with E-state index >= 15 is 0 Å². The molecule has 25 heavy (non-hydrogen) atoms. The lowest BCUT2D eigenvalue weighted by molar-refractivity contribution is -0.115. The second-order valence-electron chi connectivity index (χ2n) is 5.00. The van der Waals surface area contributed by atoms with Crippen molar-refractivity contribution in [2.24, 2.45) is 0 Å². The van der Waals surface area contributed by atoms with Crippen LogP contribution in [0.2, 0.25) is 0 Å². The van der Waals surface area contributed by atoms with Crippen molar-refractivity contribution in [3.8, 4) is 11.6 Å². The van der Waals surface area contributed by atoms with Crippen LogP contribution in [0.4, 0.5) is 14.5 Å². The minimum Gasteiger partial charge on any atom is -0.461 e. The summed E-state index contributed by atoms with van der Waals surface area (Å²) in [6, 6.07) is 6.67. The minimum atomic E-state index is -0.854. The number of carbonyl (C=O) groups excluding carboxylic acids is 1. The second kappa shape index (κ2) is 6.93. The summed E-state index contributed by atoms with van der Waals surface area (Å²) in [4.78, 5) is 12.2. The Balaban J connectivity index is 1.72. The number of rotatable bonds is 5. The highest BCUT2D eigenvalue weighted by Gasteiger charge is 2.22. The Labute approximate surface area is 145 Å². The molecule has 0 bridgehead atoms. The lowest BCUT2D eigenvalue weighted by Gasteiger charge is -2.12. The Bertz CT molecular complexity index is 877. The van der Waals surface area contributed by atoms with Gasteiger partial charge in [0, 0.05) is 0 Å². The zero-order chi connectivity index (χ0) is 18.0. The van der Waals surface area contributed by atoms with E-state index in [0.29, 0.717) is 11.6 Å². The van der Waals surface area contributed by atoms with E-state index in [2.05, 4.69) is 15.5 Å². The molecule has 0 saturated carbocycles. The maximum Gasteiger partial charge on any atom is 0.237 e. The minimum absolute atomic E-state index is 0.253. The van der Waals surface area contributed by atoms with Gasteiger partial charge in [0.05, 0.1) is 11.5 Å². The fourth-order valence-electron chi connectivity index (χ4n) is 1.98. The summed E-state index contributed by atoms with van der Waals surface area (Å²) in [7, 11) is 0. The van der Waals surface area contributed by atoms with Crippen LogP contribution < -0.4 is 11.2 Å². The fraction of sp³-hybridized carbons (Fsp3) is 0.133. The number of aromatic nitrogens is 3. The average Bonchev–Trinajstić information content (AvgIpc) is 3.21. The number of amides is 1. The SMILES string of the molecule is CC(Sc1nnc(-c2ccco2)n1N)C(=O)Nc1c(F)cccc1F. The first-order chi connectivity index (χ1) is 12.0. The van der Waals surface area contributed by atoms with Crippen LogP contribution in [0, 0.1) is 11.6 Å². The number of furan rings is 1. The van der Waals surface area contributed by atoms with Crippen LogP contribution in [0.15, 0.2) is 46.2 Å². The van der Waals surface area contributed by atoms with Crippen molar-refractivity contribution < 1.29 is 18.0 Å². The van der Waals surface area contributed by atoms with E-state index < -0.39 is 28.5 Å². The molecule has 0 fully saturated rings. The first kappa shape index (κ1) is 17.0. The molecule has 10 heteroatoms. The summed E-state index contributed by atoms with van der Waals surface area (Å²) < 4.78 is 33.6. The number of nitrogens with zero attached hydrogens (tertiary/aromatic N) is 3. The van der Waals surface area contributed by atoms with Crippen LogP contribution in [-0.2, 0) is 4.79 Å². The number of nitrogen functional groups attached to an aromatic ring is 1. The number of carbonyl (C=O) groups is 1. The zero-order valence-corrected chi connectivity index (χ0v) is 13.8. The lowest BCUT2D eigenvalue weighted by Crippen LogP contribution is -2.24. The maximum absolute atomic E-state index is 13.6. The van der Waals surface area contributed by atoms with E-state index in [4.69, 9.17) is 10.3 Å². The molecule has 3 aromatic rings. The summed E-state index contributed by atoms with van der Waals surface area (Å²) in [5.41, 5.74) is -0.495. The number of thioether (sulfide) groups is 1. The second-order valence-corrected chi connectivity index (χ2v) is 6.31. The molecule has 1 unspecified atom stereocenters. The van der Waals surface area contributed by atoms with Crippen LogP contribution in [-0.4, -0.2) is 26.0 Å². The van der Waals surface area contributed by atoms with Gasteiger partial charge < -0.3 is 15.6 Å². The van der Waals surface area contributed by atoms with Gasteiger partial charge in [-0.05, 0) is 31.2 Å². The molecule has 1 aromatic carbocycles. The van der Waals surface area contributed by atoms with Gasteiger partial charge in [-0.1, -0.05) is 17.8 Å². The molecule has 3 N–H and O–H groups in total. The molecular formula is C15H13F2N5O2S. The molecule has 2 heterocycles. The standard InChI is InChI=1S/C15H13F2N5O2S/c1-8(14(23)19-12-9(16)4-2-5-10(12)17)25-15-21-20-13(22(15)18)11-6-3-7-24-11/h2-8H,18H2,1H3,(H,19,23).